The Labute approximate surface area is 176 Å². The van der Waals surface area contributed by atoms with Crippen LogP contribution in [-0.4, -0.2) is 43.1 Å². The number of thiocarbonyl (C=S) groups is 1. The SMILES string of the molecule is COC(=O)c1c(NC(=S)Nc2cc(Cl)cc(Cl)c2)sc(C(=O)N(C)C)c1C. The number of carbonyl (C=O) groups excluding carboxylic acids is 2. The number of thiophene rings is 1. The fraction of sp³-hybridized carbons (Fsp3) is 0.235. The van der Waals surface area contributed by atoms with Gasteiger partial charge in [0.15, 0.2) is 5.11 Å². The first kappa shape index (κ1) is 21.4. The molecule has 2 N–H and O–H groups in total. The fourth-order valence-electron chi connectivity index (χ4n) is 2.25. The molecule has 1 heterocycles. The van der Waals surface area contributed by atoms with E-state index in [0.717, 1.165) is 11.3 Å². The second kappa shape index (κ2) is 8.88. The third kappa shape index (κ3) is 5.10. The van der Waals surface area contributed by atoms with Gasteiger partial charge in [0.25, 0.3) is 5.91 Å². The molecule has 10 heteroatoms. The van der Waals surface area contributed by atoms with Gasteiger partial charge in [0.05, 0.1) is 17.6 Å². The van der Waals surface area contributed by atoms with Crippen LogP contribution < -0.4 is 10.6 Å². The molecule has 0 aliphatic rings. The van der Waals surface area contributed by atoms with Crippen molar-refractivity contribution in [1.82, 2.24) is 4.90 Å². The summed E-state index contributed by atoms with van der Waals surface area (Å²) in [5.74, 6) is -0.770. The molecule has 144 valence electrons. The third-order valence-electron chi connectivity index (χ3n) is 3.48. The quantitative estimate of drug-likeness (QED) is 0.526. The van der Waals surface area contributed by atoms with E-state index < -0.39 is 5.97 Å². The van der Waals surface area contributed by atoms with Crippen LogP contribution in [0, 0.1) is 6.92 Å². The lowest BCUT2D eigenvalue weighted by atomic mass is 10.1. The van der Waals surface area contributed by atoms with E-state index >= 15 is 0 Å². The van der Waals surface area contributed by atoms with Crippen LogP contribution in [0.2, 0.25) is 10.0 Å². The number of benzene rings is 1. The lowest BCUT2D eigenvalue weighted by Gasteiger charge is -2.11. The molecule has 1 aromatic heterocycles. The molecule has 27 heavy (non-hydrogen) atoms. The highest BCUT2D eigenvalue weighted by Gasteiger charge is 2.26. The van der Waals surface area contributed by atoms with Crippen LogP contribution in [-0.2, 0) is 4.74 Å². The van der Waals surface area contributed by atoms with E-state index in [0.29, 0.717) is 31.2 Å². The largest absolute Gasteiger partial charge is 0.465 e. The van der Waals surface area contributed by atoms with Crippen molar-refractivity contribution in [1.29, 1.82) is 0 Å². The zero-order valence-electron chi connectivity index (χ0n) is 15.0. The number of anilines is 2. The molecule has 0 saturated carbocycles. The van der Waals surface area contributed by atoms with Crippen molar-refractivity contribution in [2.45, 2.75) is 6.92 Å². The molecular weight excluding hydrogens is 429 g/mol. The molecule has 2 rings (SSSR count). The van der Waals surface area contributed by atoms with Crippen LogP contribution in [0.5, 0.6) is 0 Å². The number of hydrogen-bond donors (Lipinski definition) is 2. The molecule has 0 aliphatic carbocycles. The summed E-state index contributed by atoms with van der Waals surface area (Å²) in [5.41, 5.74) is 1.38. The van der Waals surface area contributed by atoms with E-state index in [4.69, 9.17) is 40.2 Å². The van der Waals surface area contributed by atoms with Crippen molar-refractivity contribution in [3.63, 3.8) is 0 Å². The lowest BCUT2D eigenvalue weighted by Crippen LogP contribution is -2.21. The summed E-state index contributed by atoms with van der Waals surface area (Å²) in [5, 5.41) is 7.43. The van der Waals surface area contributed by atoms with Gasteiger partial charge in [-0.15, -0.1) is 11.3 Å². The Hall–Kier alpha value is -1.87. The number of halogens is 2. The van der Waals surface area contributed by atoms with E-state index in [2.05, 4.69) is 10.6 Å². The number of nitrogens with one attached hydrogen (secondary N) is 2. The van der Waals surface area contributed by atoms with Crippen molar-refractivity contribution in [2.75, 3.05) is 31.8 Å². The van der Waals surface area contributed by atoms with Gasteiger partial charge in [0.2, 0.25) is 0 Å². The molecule has 0 fully saturated rings. The molecule has 1 amide bonds. The first-order valence-corrected chi connectivity index (χ1v) is 9.59. The Bertz CT molecular complexity index is 893. The summed E-state index contributed by atoms with van der Waals surface area (Å²) in [6, 6.07) is 4.91. The first-order chi connectivity index (χ1) is 12.6. The van der Waals surface area contributed by atoms with Crippen LogP contribution in [0.3, 0.4) is 0 Å². The molecule has 0 radical (unpaired) electrons. The monoisotopic (exact) mass is 445 g/mol. The van der Waals surface area contributed by atoms with Crippen LogP contribution in [0.15, 0.2) is 18.2 Å². The summed E-state index contributed by atoms with van der Waals surface area (Å²) >= 11 is 18.4. The van der Waals surface area contributed by atoms with Gasteiger partial charge in [-0.25, -0.2) is 4.79 Å². The van der Waals surface area contributed by atoms with Gasteiger partial charge in [-0.05, 0) is 42.9 Å². The van der Waals surface area contributed by atoms with E-state index in [-0.39, 0.29) is 16.6 Å². The Morgan fingerprint density at radius 2 is 1.74 bits per heavy atom. The number of amides is 1. The molecule has 0 aliphatic heterocycles. The predicted octanol–water partition coefficient (Wildman–Crippen LogP) is 4.66. The molecule has 0 bridgehead atoms. The topological polar surface area (TPSA) is 70.7 Å². The molecule has 0 spiro atoms. The number of methoxy groups -OCH3 is 1. The average Bonchev–Trinajstić information content (AvgIpc) is 2.88. The number of ether oxygens (including phenoxy) is 1. The van der Waals surface area contributed by atoms with Crippen LogP contribution >= 0.6 is 46.8 Å². The Morgan fingerprint density at radius 1 is 1.15 bits per heavy atom. The molecule has 6 nitrogen and oxygen atoms in total. The van der Waals surface area contributed by atoms with Crippen molar-refractivity contribution < 1.29 is 14.3 Å². The minimum atomic E-state index is -0.558. The summed E-state index contributed by atoms with van der Waals surface area (Å²) in [6.07, 6.45) is 0. The highest BCUT2D eigenvalue weighted by Crippen LogP contribution is 2.34. The molecule has 2 aromatic rings. The van der Waals surface area contributed by atoms with E-state index in [1.165, 1.54) is 12.0 Å². The van der Waals surface area contributed by atoms with Gasteiger partial charge in [-0.1, -0.05) is 23.2 Å². The number of nitrogens with zero attached hydrogens (tertiary/aromatic N) is 1. The standard InChI is InChI=1S/C17H17Cl2N3O3S2/c1-8-12(16(24)25-4)14(27-13(8)15(23)22(2)3)21-17(26)20-11-6-9(18)5-10(19)7-11/h5-7H,1-4H3,(H2,20,21,26). The maximum absolute atomic E-state index is 12.4. The molecule has 1 aromatic carbocycles. The Morgan fingerprint density at radius 3 is 2.26 bits per heavy atom. The number of rotatable bonds is 4. The number of carbonyl (C=O) groups is 2. The minimum absolute atomic E-state index is 0.212. The Kier molecular flexibility index (Phi) is 7.05. The first-order valence-electron chi connectivity index (χ1n) is 7.61. The van der Waals surface area contributed by atoms with E-state index in [1.54, 1.807) is 39.2 Å². The molecule has 0 unspecified atom stereocenters. The maximum Gasteiger partial charge on any atom is 0.341 e. The molecular formula is C17H17Cl2N3O3S2. The average molecular weight is 446 g/mol. The summed E-state index contributed by atoms with van der Waals surface area (Å²) in [6.45, 7) is 1.69. The van der Waals surface area contributed by atoms with E-state index in [1.807, 2.05) is 0 Å². The highest BCUT2D eigenvalue weighted by molar-refractivity contribution is 7.80. The number of esters is 1. The number of hydrogen-bond acceptors (Lipinski definition) is 5. The van der Waals surface area contributed by atoms with Gasteiger partial charge in [-0.2, -0.15) is 0 Å². The van der Waals surface area contributed by atoms with Gasteiger partial charge in [-0.3, -0.25) is 4.79 Å². The summed E-state index contributed by atoms with van der Waals surface area (Å²) in [7, 11) is 4.56. The van der Waals surface area contributed by atoms with Crippen LogP contribution in [0.25, 0.3) is 0 Å². The zero-order valence-corrected chi connectivity index (χ0v) is 18.1. The van der Waals surface area contributed by atoms with Gasteiger partial charge in [0.1, 0.15) is 5.00 Å². The van der Waals surface area contributed by atoms with Crippen molar-refractivity contribution in [2.24, 2.45) is 0 Å². The lowest BCUT2D eigenvalue weighted by molar-refractivity contribution is 0.0601. The molecule has 0 atom stereocenters. The van der Waals surface area contributed by atoms with Gasteiger partial charge in [0, 0.05) is 29.8 Å². The minimum Gasteiger partial charge on any atom is -0.465 e. The normalized spacial score (nSPS) is 10.3. The predicted molar refractivity (Wildman–Crippen MR) is 115 cm³/mol. The highest BCUT2D eigenvalue weighted by atomic mass is 35.5. The second-order valence-electron chi connectivity index (χ2n) is 5.69. The van der Waals surface area contributed by atoms with Crippen molar-refractivity contribution >= 4 is 74.4 Å². The van der Waals surface area contributed by atoms with Crippen molar-refractivity contribution in [3.8, 4) is 0 Å². The maximum atomic E-state index is 12.4. The Balaban J connectivity index is 2.33. The summed E-state index contributed by atoms with van der Waals surface area (Å²) in [4.78, 5) is 26.4. The van der Waals surface area contributed by atoms with Gasteiger partial charge >= 0.3 is 5.97 Å². The molecule has 0 saturated heterocycles. The second-order valence-corrected chi connectivity index (χ2v) is 7.99. The fourth-order valence-corrected chi connectivity index (χ4v) is 4.28. The van der Waals surface area contributed by atoms with Crippen molar-refractivity contribution in [3.05, 3.63) is 44.2 Å². The van der Waals surface area contributed by atoms with Crippen LogP contribution in [0.1, 0.15) is 25.6 Å². The van der Waals surface area contributed by atoms with E-state index in [9.17, 15) is 9.59 Å². The zero-order chi connectivity index (χ0) is 20.3. The van der Waals surface area contributed by atoms with Crippen LogP contribution in [0.4, 0.5) is 10.7 Å². The third-order valence-corrected chi connectivity index (χ3v) is 5.32. The smallest absolute Gasteiger partial charge is 0.341 e. The van der Waals surface area contributed by atoms with Gasteiger partial charge < -0.3 is 20.3 Å². The summed E-state index contributed by atoms with van der Waals surface area (Å²) < 4.78 is 4.85.